The first-order valence-corrected chi connectivity index (χ1v) is 7.06. The van der Waals surface area contributed by atoms with E-state index in [1.54, 1.807) is 6.07 Å². The van der Waals surface area contributed by atoms with Gasteiger partial charge in [-0.15, -0.1) is 13.2 Å². The molecule has 0 fully saturated rings. The van der Waals surface area contributed by atoms with Crippen LogP contribution in [0.4, 0.5) is 13.2 Å². The minimum atomic E-state index is -4.74. The van der Waals surface area contributed by atoms with E-state index < -0.39 is 6.36 Å². The van der Waals surface area contributed by atoms with E-state index >= 15 is 0 Å². The van der Waals surface area contributed by atoms with E-state index in [1.165, 1.54) is 30.0 Å². The van der Waals surface area contributed by atoms with Gasteiger partial charge in [0.15, 0.2) is 0 Å². The molecule has 23 heavy (non-hydrogen) atoms. The molecule has 0 spiro atoms. The number of rotatable bonds is 6. The lowest BCUT2D eigenvalue weighted by Crippen LogP contribution is -2.18. The monoisotopic (exact) mass is 323 g/mol. The molecular weight excluding hydrogens is 307 g/mol. The second-order valence-corrected chi connectivity index (χ2v) is 4.76. The Hall–Kier alpha value is -2.50. The van der Waals surface area contributed by atoms with Crippen molar-refractivity contribution in [3.8, 4) is 5.75 Å². The molecule has 0 N–H and O–H groups in total. The Morgan fingerprint density at radius 1 is 1.04 bits per heavy atom. The molecule has 0 amide bonds. The molecule has 0 saturated heterocycles. The second-order valence-electron chi connectivity index (χ2n) is 4.76. The van der Waals surface area contributed by atoms with Gasteiger partial charge in [-0.3, -0.25) is 0 Å². The zero-order valence-electron chi connectivity index (χ0n) is 12.5. The van der Waals surface area contributed by atoms with Crippen LogP contribution in [0.2, 0.25) is 0 Å². The summed E-state index contributed by atoms with van der Waals surface area (Å²) in [6.45, 7) is 1.95. The molecule has 122 valence electrons. The zero-order valence-corrected chi connectivity index (χ0v) is 12.5. The first-order chi connectivity index (χ1) is 11.0. The normalized spacial score (nSPS) is 11.7. The van der Waals surface area contributed by atoms with Crippen LogP contribution in [-0.2, 0) is 17.9 Å². The van der Waals surface area contributed by atoms with Crippen molar-refractivity contribution in [2.75, 3.05) is 0 Å². The summed E-state index contributed by atoms with van der Waals surface area (Å²) in [4.78, 5) is 5.06. The Bertz CT molecular complexity index is 652. The van der Waals surface area contributed by atoms with Crippen molar-refractivity contribution in [1.82, 2.24) is 0 Å². The summed E-state index contributed by atoms with van der Waals surface area (Å²) in [6.07, 6.45) is -2.28. The summed E-state index contributed by atoms with van der Waals surface area (Å²) in [6, 6.07) is 13.5. The van der Waals surface area contributed by atoms with Crippen molar-refractivity contribution in [2.24, 2.45) is 5.16 Å². The molecule has 0 aromatic heterocycles. The summed E-state index contributed by atoms with van der Waals surface area (Å²) >= 11 is 0. The molecule has 3 nitrogen and oxygen atoms in total. The number of para-hydroxylation sites is 1. The second kappa shape index (κ2) is 7.67. The Balaban J connectivity index is 1.94. The average Bonchev–Trinajstić information content (AvgIpc) is 2.52. The third-order valence-corrected chi connectivity index (χ3v) is 3.08. The number of hydrogen-bond acceptors (Lipinski definition) is 3. The van der Waals surface area contributed by atoms with Crippen LogP contribution in [0.15, 0.2) is 53.7 Å². The van der Waals surface area contributed by atoms with Crippen LogP contribution < -0.4 is 4.74 Å². The highest BCUT2D eigenvalue weighted by Crippen LogP contribution is 2.26. The number of oxime groups is 1. The molecule has 6 heteroatoms. The lowest BCUT2D eigenvalue weighted by atomic mass is 10.1. The maximum absolute atomic E-state index is 12.3. The lowest BCUT2D eigenvalue weighted by molar-refractivity contribution is -0.275. The quantitative estimate of drug-likeness (QED) is 0.570. The predicted octanol–water partition coefficient (Wildman–Crippen LogP) is 4.70. The van der Waals surface area contributed by atoms with Gasteiger partial charge in [-0.2, -0.15) is 0 Å². The maximum Gasteiger partial charge on any atom is 0.573 e. The van der Waals surface area contributed by atoms with Crippen molar-refractivity contribution in [1.29, 1.82) is 0 Å². The summed E-state index contributed by atoms with van der Waals surface area (Å²) in [5.74, 6) is -0.289. The third-order valence-electron chi connectivity index (χ3n) is 3.08. The number of ether oxygens (including phenoxy) is 1. The molecule has 0 saturated carbocycles. The molecule has 2 aromatic rings. The van der Waals surface area contributed by atoms with E-state index in [0.29, 0.717) is 0 Å². The zero-order chi connectivity index (χ0) is 16.7. The summed E-state index contributed by atoms with van der Waals surface area (Å²) < 4.78 is 40.8. The van der Waals surface area contributed by atoms with E-state index in [4.69, 9.17) is 4.84 Å². The van der Waals surface area contributed by atoms with Gasteiger partial charge in [-0.1, -0.05) is 54.5 Å². The highest BCUT2D eigenvalue weighted by molar-refractivity contribution is 5.79. The topological polar surface area (TPSA) is 30.8 Å². The molecule has 0 aliphatic rings. The van der Waals surface area contributed by atoms with E-state index in [9.17, 15) is 13.2 Å². The van der Waals surface area contributed by atoms with E-state index in [-0.39, 0.29) is 17.9 Å². The standard InChI is InChI=1S/C17H16F3NO2/c1-2-13-7-9-14(10-8-13)11-21-22-12-15-5-3-4-6-16(15)23-17(18,19)20/h3-11H,2,12H2,1H3. The fraction of sp³-hybridized carbons (Fsp3) is 0.235. The smallest absolute Gasteiger partial charge is 0.405 e. The van der Waals surface area contributed by atoms with Crippen LogP contribution in [0.3, 0.4) is 0 Å². The van der Waals surface area contributed by atoms with Crippen molar-refractivity contribution in [3.63, 3.8) is 0 Å². The van der Waals surface area contributed by atoms with Crippen molar-refractivity contribution in [3.05, 3.63) is 65.2 Å². The van der Waals surface area contributed by atoms with E-state index in [2.05, 4.69) is 16.8 Å². The van der Waals surface area contributed by atoms with Crippen LogP contribution in [-0.4, -0.2) is 12.6 Å². The Morgan fingerprint density at radius 3 is 2.39 bits per heavy atom. The Kier molecular flexibility index (Phi) is 5.62. The minimum absolute atomic E-state index is 0.115. The van der Waals surface area contributed by atoms with Crippen molar-refractivity contribution >= 4 is 6.21 Å². The molecule has 0 aliphatic heterocycles. The molecule has 0 bridgehead atoms. The van der Waals surface area contributed by atoms with Gasteiger partial charge in [0.1, 0.15) is 12.4 Å². The van der Waals surface area contributed by atoms with Crippen LogP contribution in [0, 0.1) is 0 Å². The molecule has 2 aromatic carbocycles. The molecule has 0 heterocycles. The van der Waals surface area contributed by atoms with Gasteiger partial charge < -0.3 is 9.57 Å². The van der Waals surface area contributed by atoms with Gasteiger partial charge in [0.05, 0.1) is 6.21 Å². The molecule has 2 rings (SSSR count). The highest BCUT2D eigenvalue weighted by atomic mass is 19.4. The SMILES string of the molecule is CCc1ccc(C=NOCc2ccccc2OC(F)(F)F)cc1. The van der Waals surface area contributed by atoms with Gasteiger partial charge in [-0.25, -0.2) is 0 Å². The lowest BCUT2D eigenvalue weighted by Gasteiger charge is -2.12. The maximum atomic E-state index is 12.3. The molecular formula is C17H16F3NO2. The van der Waals surface area contributed by atoms with Crippen molar-refractivity contribution < 1.29 is 22.7 Å². The molecule has 0 radical (unpaired) electrons. The number of halogens is 3. The predicted molar refractivity (Wildman–Crippen MR) is 81.3 cm³/mol. The molecule has 0 aliphatic carbocycles. The highest BCUT2D eigenvalue weighted by Gasteiger charge is 2.32. The van der Waals surface area contributed by atoms with Gasteiger partial charge in [0.2, 0.25) is 0 Å². The van der Waals surface area contributed by atoms with Gasteiger partial charge in [0.25, 0.3) is 0 Å². The summed E-state index contributed by atoms with van der Waals surface area (Å²) in [5, 5.41) is 3.77. The van der Waals surface area contributed by atoms with Gasteiger partial charge in [0, 0.05) is 5.56 Å². The largest absolute Gasteiger partial charge is 0.573 e. The first-order valence-electron chi connectivity index (χ1n) is 7.06. The number of alkyl halides is 3. The van der Waals surface area contributed by atoms with Crippen LogP contribution >= 0.6 is 0 Å². The Labute approximate surface area is 132 Å². The number of nitrogens with zero attached hydrogens (tertiary/aromatic N) is 1. The summed E-state index contributed by atoms with van der Waals surface area (Å²) in [7, 11) is 0. The van der Waals surface area contributed by atoms with Gasteiger partial charge in [-0.05, 0) is 23.6 Å². The van der Waals surface area contributed by atoms with Crippen LogP contribution in [0.5, 0.6) is 5.75 Å². The van der Waals surface area contributed by atoms with E-state index in [1.807, 2.05) is 24.3 Å². The number of aryl methyl sites for hydroxylation is 1. The fourth-order valence-corrected chi connectivity index (χ4v) is 1.89. The molecule has 0 unspecified atom stereocenters. The van der Waals surface area contributed by atoms with Crippen LogP contribution in [0.1, 0.15) is 23.6 Å². The minimum Gasteiger partial charge on any atom is -0.405 e. The molecule has 0 atom stereocenters. The van der Waals surface area contributed by atoms with Gasteiger partial charge >= 0.3 is 6.36 Å². The van der Waals surface area contributed by atoms with Crippen molar-refractivity contribution in [2.45, 2.75) is 26.3 Å². The average molecular weight is 323 g/mol. The Morgan fingerprint density at radius 2 is 1.74 bits per heavy atom. The number of hydrogen-bond donors (Lipinski definition) is 0. The summed E-state index contributed by atoms with van der Waals surface area (Å²) in [5.41, 5.74) is 2.33. The van der Waals surface area contributed by atoms with Crippen LogP contribution in [0.25, 0.3) is 0 Å². The first kappa shape index (κ1) is 16.9. The fourth-order valence-electron chi connectivity index (χ4n) is 1.89. The third kappa shape index (κ3) is 5.65. The van der Waals surface area contributed by atoms with E-state index in [0.717, 1.165) is 12.0 Å². The number of benzene rings is 2.